The molecule has 0 spiro atoms. The van der Waals surface area contributed by atoms with E-state index in [4.69, 9.17) is 0 Å². The van der Waals surface area contributed by atoms with Gasteiger partial charge in [-0.2, -0.15) is 13.2 Å². The van der Waals surface area contributed by atoms with Crippen molar-refractivity contribution in [2.24, 2.45) is 0 Å². The summed E-state index contributed by atoms with van der Waals surface area (Å²) < 4.78 is 39.8. The summed E-state index contributed by atoms with van der Waals surface area (Å²) in [5, 5.41) is 3.95. The van der Waals surface area contributed by atoms with Crippen LogP contribution in [0.25, 0.3) is 10.2 Å². The van der Waals surface area contributed by atoms with E-state index in [-0.39, 0.29) is 24.2 Å². The van der Waals surface area contributed by atoms with Crippen LogP contribution in [0.3, 0.4) is 0 Å². The number of amides is 2. The zero-order valence-electron chi connectivity index (χ0n) is 21.0. The van der Waals surface area contributed by atoms with Gasteiger partial charge in [0.15, 0.2) is 5.13 Å². The number of piperidine rings is 1. The first-order valence-corrected chi connectivity index (χ1v) is 13.6. The van der Waals surface area contributed by atoms with Crippen molar-refractivity contribution in [1.29, 1.82) is 0 Å². The number of rotatable bonds is 4. The zero-order valence-corrected chi connectivity index (χ0v) is 21.9. The number of piperazine rings is 1. The minimum absolute atomic E-state index is 0.0414. The van der Waals surface area contributed by atoms with Crippen LogP contribution in [0, 0.1) is 0 Å². The molecule has 0 aliphatic carbocycles. The quantitative estimate of drug-likeness (QED) is 0.477. The average Bonchev–Trinajstić information content (AvgIpc) is 3.29. The number of nitrogens with zero attached hydrogens (tertiary/aromatic N) is 4. The maximum atomic E-state index is 13.2. The number of hydrogen-bond acceptors (Lipinski definition) is 5. The third-order valence-corrected chi connectivity index (χ3v) is 8.37. The number of carbonyl (C=O) groups excluding carboxylic acids is 1. The number of urea groups is 1. The maximum absolute atomic E-state index is 13.2. The van der Waals surface area contributed by atoms with E-state index >= 15 is 0 Å². The van der Waals surface area contributed by atoms with Crippen molar-refractivity contribution in [2.75, 3.05) is 31.1 Å². The van der Waals surface area contributed by atoms with Gasteiger partial charge >= 0.3 is 12.2 Å². The predicted octanol–water partition coefficient (Wildman–Crippen LogP) is 5.59. The molecule has 10 heteroatoms. The van der Waals surface area contributed by atoms with Crippen molar-refractivity contribution in [3.63, 3.8) is 0 Å². The van der Waals surface area contributed by atoms with Gasteiger partial charge in [0.1, 0.15) is 0 Å². The molecule has 1 N–H and O–H groups in total. The fourth-order valence-electron chi connectivity index (χ4n) is 5.43. The average molecular weight is 532 g/mol. The highest BCUT2D eigenvalue weighted by Crippen LogP contribution is 2.36. The molecule has 2 fully saturated rings. The van der Waals surface area contributed by atoms with Crippen LogP contribution in [0.2, 0.25) is 0 Å². The minimum Gasteiger partial charge on any atom is -0.344 e. The van der Waals surface area contributed by atoms with Gasteiger partial charge in [0.2, 0.25) is 0 Å². The summed E-state index contributed by atoms with van der Waals surface area (Å²) in [7, 11) is 0. The van der Waals surface area contributed by atoms with Crippen molar-refractivity contribution in [2.45, 2.75) is 57.5 Å². The van der Waals surface area contributed by atoms with Gasteiger partial charge in [0, 0.05) is 50.8 Å². The zero-order chi connectivity index (χ0) is 26.2. The Bertz CT molecular complexity index is 1210. The smallest absolute Gasteiger partial charge is 0.344 e. The van der Waals surface area contributed by atoms with E-state index in [2.05, 4.69) is 44.4 Å². The number of nitrogens with one attached hydrogen (secondary N) is 1. The van der Waals surface area contributed by atoms with Crippen LogP contribution < -0.4 is 10.2 Å². The number of halogens is 3. The van der Waals surface area contributed by atoms with Gasteiger partial charge in [-0.15, -0.1) is 0 Å². The lowest BCUT2D eigenvalue weighted by Crippen LogP contribution is -2.62. The Morgan fingerprint density at radius 1 is 1.05 bits per heavy atom. The van der Waals surface area contributed by atoms with Crippen LogP contribution in [0.1, 0.15) is 37.8 Å². The number of carbonyl (C=O) groups is 1. The summed E-state index contributed by atoms with van der Waals surface area (Å²) in [6.07, 6.45) is -2.53. The second kappa shape index (κ2) is 10.5. The van der Waals surface area contributed by atoms with Gasteiger partial charge < -0.3 is 15.1 Å². The highest BCUT2D eigenvalue weighted by Gasteiger charge is 2.36. The maximum Gasteiger partial charge on any atom is 0.416 e. The van der Waals surface area contributed by atoms with Gasteiger partial charge in [0.25, 0.3) is 0 Å². The number of hydrogen-bond donors (Lipinski definition) is 1. The van der Waals surface area contributed by atoms with Gasteiger partial charge in [-0.3, -0.25) is 4.90 Å². The molecule has 0 unspecified atom stereocenters. The first-order valence-electron chi connectivity index (χ1n) is 12.7. The van der Waals surface area contributed by atoms with E-state index in [1.165, 1.54) is 23.0 Å². The molecule has 198 valence electrons. The van der Waals surface area contributed by atoms with E-state index < -0.39 is 11.7 Å². The van der Waals surface area contributed by atoms with E-state index in [1.54, 1.807) is 0 Å². The molecule has 0 bridgehead atoms. The van der Waals surface area contributed by atoms with Gasteiger partial charge in [0.05, 0.1) is 15.8 Å². The van der Waals surface area contributed by atoms with E-state index in [9.17, 15) is 18.0 Å². The Labute approximate surface area is 219 Å². The molecule has 5 rings (SSSR count). The predicted molar refractivity (Wildman–Crippen MR) is 141 cm³/mol. The van der Waals surface area contributed by atoms with E-state index in [0.29, 0.717) is 28.4 Å². The normalized spacial score (nSPS) is 22.0. The Kier molecular flexibility index (Phi) is 7.31. The molecule has 2 saturated heterocycles. The number of likely N-dealkylation sites (tertiary alicyclic amines) is 1. The topological polar surface area (TPSA) is 51.7 Å². The van der Waals surface area contributed by atoms with Crippen molar-refractivity contribution >= 4 is 32.7 Å². The second-order valence-electron chi connectivity index (χ2n) is 10.2. The second-order valence-corrected chi connectivity index (χ2v) is 11.2. The molecule has 2 aliphatic rings. The molecule has 37 heavy (non-hydrogen) atoms. The van der Waals surface area contributed by atoms with Crippen LogP contribution in [-0.4, -0.2) is 65.1 Å². The van der Waals surface area contributed by atoms with Crippen molar-refractivity contribution in [3.8, 4) is 0 Å². The molecule has 2 aliphatic heterocycles. The summed E-state index contributed by atoms with van der Waals surface area (Å²) in [4.78, 5) is 24.2. The van der Waals surface area contributed by atoms with Crippen LogP contribution in [0.4, 0.5) is 23.1 Å². The Morgan fingerprint density at radius 3 is 2.38 bits per heavy atom. The third-order valence-electron chi connectivity index (χ3n) is 7.29. The molecular formula is C27H32F3N5OS. The summed E-state index contributed by atoms with van der Waals surface area (Å²) in [5.41, 5.74) is 1.20. The fraction of sp³-hybridized carbons (Fsp3) is 0.481. The van der Waals surface area contributed by atoms with Gasteiger partial charge in [-0.1, -0.05) is 41.7 Å². The molecule has 2 amide bonds. The van der Waals surface area contributed by atoms with Crippen molar-refractivity contribution in [3.05, 3.63) is 59.7 Å². The molecule has 0 saturated carbocycles. The largest absolute Gasteiger partial charge is 0.416 e. The summed E-state index contributed by atoms with van der Waals surface area (Å²) in [6, 6.07) is 14.1. The molecule has 1 aromatic heterocycles. The van der Waals surface area contributed by atoms with Crippen LogP contribution >= 0.6 is 11.3 Å². The monoisotopic (exact) mass is 531 g/mol. The molecule has 0 radical (unpaired) electrons. The summed E-state index contributed by atoms with van der Waals surface area (Å²) in [6.45, 7) is 8.03. The Morgan fingerprint density at radius 2 is 1.73 bits per heavy atom. The summed E-state index contributed by atoms with van der Waals surface area (Å²) in [5.74, 6) is 0. The molecule has 3 aromatic rings. The highest BCUT2D eigenvalue weighted by atomic mass is 32.1. The molecule has 2 aromatic carbocycles. The standard InChI is InChI=1S/C27H32F3N5OS/c1-18-15-34(26-32-23-9-8-21(27(28,29)30)14-24(23)37-26)16-19(2)35(18)25(36)31-22-10-12-33(13-11-22)17-20-6-4-3-5-7-20/h3-9,14,18-19,22H,10-13,15-17H2,1-2H3,(H,31,36)/t18-,19+. The molecule has 6 nitrogen and oxygen atoms in total. The van der Waals surface area contributed by atoms with E-state index in [1.807, 2.05) is 24.8 Å². The van der Waals surface area contributed by atoms with Crippen LogP contribution in [0.5, 0.6) is 0 Å². The molecular weight excluding hydrogens is 499 g/mol. The SMILES string of the molecule is C[C@@H]1CN(c2nc3ccc(C(F)(F)F)cc3s2)C[C@H](C)N1C(=O)NC1CCN(Cc2ccccc2)CC1. The third kappa shape index (κ3) is 5.85. The highest BCUT2D eigenvalue weighted by molar-refractivity contribution is 7.22. The first-order chi connectivity index (χ1) is 17.7. The summed E-state index contributed by atoms with van der Waals surface area (Å²) >= 11 is 1.27. The first kappa shape index (κ1) is 25.8. The number of thiazole rings is 1. The number of aromatic nitrogens is 1. The lowest BCUT2D eigenvalue weighted by molar-refractivity contribution is -0.137. The number of benzene rings is 2. The van der Waals surface area contributed by atoms with Crippen LogP contribution in [0.15, 0.2) is 48.5 Å². The Balaban J connectivity index is 1.16. The molecule has 2 atom stereocenters. The fourth-order valence-corrected chi connectivity index (χ4v) is 6.45. The molecule has 3 heterocycles. The van der Waals surface area contributed by atoms with E-state index in [0.717, 1.165) is 44.6 Å². The van der Waals surface area contributed by atoms with Crippen molar-refractivity contribution < 1.29 is 18.0 Å². The van der Waals surface area contributed by atoms with Gasteiger partial charge in [-0.05, 0) is 50.5 Å². The van der Waals surface area contributed by atoms with Crippen LogP contribution in [-0.2, 0) is 12.7 Å². The lowest BCUT2D eigenvalue weighted by Gasteiger charge is -2.45. The number of alkyl halides is 3. The van der Waals surface area contributed by atoms with Gasteiger partial charge in [-0.25, -0.2) is 9.78 Å². The lowest BCUT2D eigenvalue weighted by atomic mass is 10.0. The number of anilines is 1. The Hall–Kier alpha value is -2.85. The van der Waals surface area contributed by atoms with Crippen molar-refractivity contribution in [1.82, 2.24) is 20.1 Å². The minimum atomic E-state index is -4.38. The number of fused-ring (bicyclic) bond motifs is 1.